The van der Waals surface area contributed by atoms with E-state index in [9.17, 15) is 4.39 Å². The molecule has 2 fully saturated rings. The average Bonchev–Trinajstić information content (AvgIpc) is 2.89. The average molecular weight is 491 g/mol. The largest absolute Gasteiger partial charge is 0.381 e. The molecule has 2 aliphatic rings. The molecule has 0 heterocycles. The van der Waals surface area contributed by atoms with Gasteiger partial charge in [-0.25, -0.2) is 13.2 Å². The number of ether oxygens (including phenoxy) is 3. The number of halogens is 3. The van der Waals surface area contributed by atoms with Crippen LogP contribution in [0, 0.1) is 17.5 Å². The molecule has 0 bridgehead atoms. The summed E-state index contributed by atoms with van der Waals surface area (Å²) in [5.41, 5.74) is 2.33. The van der Waals surface area contributed by atoms with Gasteiger partial charge in [0.15, 0.2) is 11.6 Å². The Morgan fingerprint density at radius 3 is 1.83 bits per heavy atom. The van der Waals surface area contributed by atoms with Crippen LogP contribution in [0.1, 0.15) is 92.4 Å². The molecule has 2 saturated carbocycles. The zero-order valence-electron chi connectivity index (χ0n) is 20.8. The maximum absolute atomic E-state index is 15.1. The van der Waals surface area contributed by atoms with Crippen LogP contribution in [0.15, 0.2) is 30.3 Å². The molecule has 3 nitrogen and oxygen atoms in total. The third-order valence-electron chi connectivity index (χ3n) is 7.77. The lowest BCUT2D eigenvalue weighted by Gasteiger charge is -2.30. The second kappa shape index (κ2) is 12.4. The van der Waals surface area contributed by atoms with Crippen molar-refractivity contribution >= 4 is 0 Å². The van der Waals surface area contributed by atoms with E-state index in [1.165, 1.54) is 6.07 Å². The Balaban J connectivity index is 1.29. The maximum atomic E-state index is 15.1. The van der Waals surface area contributed by atoms with Crippen LogP contribution >= 0.6 is 0 Å². The molecule has 0 atom stereocenters. The summed E-state index contributed by atoms with van der Waals surface area (Å²) in [6.45, 7) is 3.03. The van der Waals surface area contributed by atoms with Crippen molar-refractivity contribution in [3.8, 4) is 0 Å². The van der Waals surface area contributed by atoms with Crippen molar-refractivity contribution in [3.05, 3.63) is 70.0 Å². The molecule has 2 aromatic rings. The van der Waals surface area contributed by atoms with Crippen molar-refractivity contribution in [1.29, 1.82) is 0 Å². The minimum Gasteiger partial charge on any atom is -0.381 e. The standard InChI is InChI=1S/C29H37F3O3/c1-3-34-18-22-5-4-19(16-27(22)30)17-35-24-12-8-21(9-13-24)26-15-14-25(28(31)29(26)32)20-6-10-23(33-2)11-7-20/h4-5,14-16,20-21,23-24H,3,6-13,17-18H2,1-2H3. The second-order valence-corrected chi connectivity index (χ2v) is 9.93. The fourth-order valence-corrected chi connectivity index (χ4v) is 5.58. The topological polar surface area (TPSA) is 27.7 Å². The van der Waals surface area contributed by atoms with Crippen LogP contribution in [-0.2, 0) is 27.4 Å². The number of hydrogen-bond donors (Lipinski definition) is 0. The van der Waals surface area contributed by atoms with Crippen LogP contribution in [0.2, 0.25) is 0 Å². The minimum absolute atomic E-state index is 0.00192. The van der Waals surface area contributed by atoms with Crippen LogP contribution in [-0.4, -0.2) is 25.9 Å². The van der Waals surface area contributed by atoms with E-state index in [-0.39, 0.29) is 36.5 Å². The molecule has 4 rings (SSSR count). The van der Waals surface area contributed by atoms with Crippen LogP contribution in [0.5, 0.6) is 0 Å². The van der Waals surface area contributed by atoms with Crippen molar-refractivity contribution < 1.29 is 27.4 Å². The van der Waals surface area contributed by atoms with Gasteiger partial charge in [0.05, 0.1) is 25.4 Å². The summed E-state index contributed by atoms with van der Waals surface area (Å²) >= 11 is 0. The summed E-state index contributed by atoms with van der Waals surface area (Å²) in [7, 11) is 1.71. The molecule has 0 aromatic heterocycles. The Kier molecular flexibility index (Phi) is 9.26. The lowest BCUT2D eigenvalue weighted by atomic mass is 9.79. The molecular weight excluding hydrogens is 453 g/mol. The first kappa shape index (κ1) is 26.2. The summed E-state index contributed by atoms with van der Waals surface area (Å²) in [5.74, 6) is -1.57. The Bertz CT molecular complexity index is 964. The van der Waals surface area contributed by atoms with Gasteiger partial charge in [0.2, 0.25) is 0 Å². The molecule has 2 aromatic carbocycles. The van der Waals surface area contributed by atoms with Gasteiger partial charge < -0.3 is 14.2 Å². The van der Waals surface area contributed by atoms with E-state index < -0.39 is 11.6 Å². The summed E-state index contributed by atoms with van der Waals surface area (Å²) in [6.07, 6.45) is 6.76. The molecular formula is C29H37F3O3. The van der Waals surface area contributed by atoms with Gasteiger partial charge in [-0.3, -0.25) is 0 Å². The highest BCUT2D eigenvalue weighted by atomic mass is 19.2. The molecule has 0 spiro atoms. The van der Waals surface area contributed by atoms with E-state index in [2.05, 4.69) is 0 Å². The minimum atomic E-state index is -0.677. The highest BCUT2D eigenvalue weighted by Gasteiger charge is 2.30. The molecule has 0 saturated heterocycles. The van der Waals surface area contributed by atoms with Gasteiger partial charge in [-0.1, -0.05) is 24.3 Å². The smallest absolute Gasteiger partial charge is 0.162 e. The van der Waals surface area contributed by atoms with E-state index in [0.717, 1.165) is 56.9 Å². The van der Waals surface area contributed by atoms with Crippen LogP contribution < -0.4 is 0 Å². The molecule has 2 aliphatic carbocycles. The Morgan fingerprint density at radius 2 is 1.31 bits per heavy atom. The highest BCUT2D eigenvalue weighted by molar-refractivity contribution is 5.32. The number of hydrogen-bond acceptors (Lipinski definition) is 3. The van der Waals surface area contributed by atoms with E-state index in [4.69, 9.17) is 14.2 Å². The zero-order valence-corrected chi connectivity index (χ0v) is 20.8. The molecule has 6 heteroatoms. The van der Waals surface area contributed by atoms with E-state index >= 15 is 8.78 Å². The molecule has 0 aliphatic heterocycles. The van der Waals surface area contributed by atoms with E-state index in [1.807, 2.05) is 13.0 Å². The molecule has 192 valence electrons. The second-order valence-electron chi connectivity index (χ2n) is 9.93. The summed E-state index contributed by atoms with van der Waals surface area (Å²) in [4.78, 5) is 0. The third kappa shape index (κ3) is 6.46. The quantitative estimate of drug-likeness (QED) is 0.363. The lowest BCUT2D eigenvalue weighted by molar-refractivity contribution is 0.0129. The normalized spacial score (nSPS) is 25.1. The Labute approximate surface area is 207 Å². The van der Waals surface area contributed by atoms with Crippen molar-refractivity contribution in [1.82, 2.24) is 0 Å². The van der Waals surface area contributed by atoms with Crippen molar-refractivity contribution in [3.63, 3.8) is 0 Å². The van der Waals surface area contributed by atoms with Gasteiger partial charge in [-0.15, -0.1) is 0 Å². The fourth-order valence-electron chi connectivity index (χ4n) is 5.58. The van der Waals surface area contributed by atoms with Crippen LogP contribution in [0.3, 0.4) is 0 Å². The van der Waals surface area contributed by atoms with Crippen LogP contribution in [0.4, 0.5) is 13.2 Å². The highest BCUT2D eigenvalue weighted by Crippen LogP contribution is 2.40. The van der Waals surface area contributed by atoms with Gasteiger partial charge in [0.25, 0.3) is 0 Å². The predicted molar refractivity (Wildman–Crippen MR) is 130 cm³/mol. The molecule has 0 N–H and O–H groups in total. The van der Waals surface area contributed by atoms with E-state index in [0.29, 0.717) is 29.9 Å². The SMILES string of the molecule is CCOCc1ccc(COC2CCC(c3ccc(C4CCC(OC)CC4)c(F)c3F)CC2)cc1F. The monoisotopic (exact) mass is 490 g/mol. The molecule has 35 heavy (non-hydrogen) atoms. The molecule has 0 amide bonds. The van der Waals surface area contributed by atoms with Crippen LogP contribution in [0.25, 0.3) is 0 Å². The van der Waals surface area contributed by atoms with E-state index in [1.54, 1.807) is 25.3 Å². The summed E-state index contributed by atoms with van der Waals surface area (Å²) in [5, 5.41) is 0. The maximum Gasteiger partial charge on any atom is 0.162 e. The third-order valence-corrected chi connectivity index (χ3v) is 7.77. The van der Waals surface area contributed by atoms with Crippen molar-refractivity contribution in [2.24, 2.45) is 0 Å². The summed E-state index contributed by atoms with van der Waals surface area (Å²) in [6, 6.07) is 8.71. The Morgan fingerprint density at radius 1 is 0.743 bits per heavy atom. The van der Waals surface area contributed by atoms with Gasteiger partial charge >= 0.3 is 0 Å². The van der Waals surface area contributed by atoms with Gasteiger partial charge in [-0.05, 0) is 92.9 Å². The number of benzene rings is 2. The summed E-state index contributed by atoms with van der Waals surface area (Å²) < 4.78 is 61.0. The lowest BCUT2D eigenvalue weighted by Crippen LogP contribution is -2.22. The first-order chi connectivity index (χ1) is 17.0. The van der Waals surface area contributed by atoms with Gasteiger partial charge in [-0.2, -0.15) is 0 Å². The first-order valence-electron chi connectivity index (χ1n) is 13.0. The number of rotatable bonds is 9. The molecule has 0 unspecified atom stereocenters. The predicted octanol–water partition coefficient (Wildman–Crippen LogP) is 7.56. The number of methoxy groups -OCH3 is 1. The molecule has 0 radical (unpaired) electrons. The Hall–Kier alpha value is -1.89. The van der Waals surface area contributed by atoms with Crippen molar-refractivity contribution in [2.75, 3.05) is 13.7 Å². The first-order valence-corrected chi connectivity index (χ1v) is 13.0. The van der Waals surface area contributed by atoms with Gasteiger partial charge in [0.1, 0.15) is 5.82 Å². The van der Waals surface area contributed by atoms with Crippen molar-refractivity contribution in [2.45, 2.75) is 95.5 Å². The fraction of sp³-hybridized carbons (Fsp3) is 0.586. The van der Waals surface area contributed by atoms with Gasteiger partial charge in [0, 0.05) is 19.3 Å². The zero-order chi connectivity index (χ0) is 24.8.